The first-order chi connectivity index (χ1) is 19.8. The zero-order chi connectivity index (χ0) is 28.8. The lowest BCUT2D eigenvalue weighted by molar-refractivity contribution is 0.281. The van der Waals surface area contributed by atoms with E-state index in [0.29, 0.717) is 40.2 Å². The highest BCUT2D eigenvalue weighted by Crippen LogP contribution is 2.33. The Morgan fingerprint density at radius 3 is 2.29 bits per heavy atom. The standard InChI is InChI=1S/C32H32N4O4S/c1-36(2)20-9-21-40-26-16-14-24(15-17-26)33-31(23-10-5-3-6-11-23)30-28-22-27(18-19-29(28)34-32(30)37)41(38,39)35-25-12-7-4-8-13-25/h3-8,10-19,22,34-35,37H,9,20-21H2,1-2H3. The number of ether oxygens (including phenoxy) is 1. The largest absolute Gasteiger partial charge is 0.494 e. The molecule has 210 valence electrons. The smallest absolute Gasteiger partial charge is 0.261 e. The van der Waals surface area contributed by atoms with E-state index in [4.69, 9.17) is 9.73 Å². The minimum atomic E-state index is -3.88. The number of aromatic amines is 1. The van der Waals surface area contributed by atoms with Crippen molar-refractivity contribution in [2.45, 2.75) is 11.3 Å². The molecule has 0 fully saturated rings. The van der Waals surface area contributed by atoms with Crippen LogP contribution < -0.4 is 9.46 Å². The van der Waals surface area contributed by atoms with Crippen molar-refractivity contribution in [2.75, 3.05) is 32.0 Å². The number of sulfonamides is 1. The van der Waals surface area contributed by atoms with Crippen molar-refractivity contribution in [3.8, 4) is 11.6 Å². The van der Waals surface area contributed by atoms with Crippen LogP contribution in [0.4, 0.5) is 11.4 Å². The third kappa shape index (κ3) is 6.77. The Bertz CT molecular complexity index is 1750. The molecule has 1 heterocycles. The van der Waals surface area contributed by atoms with Crippen LogP contribution in [0.5, 0.6) is 11.6 Å². The summed E-state index contributed by atoms with van der Waals surface area (Å²) >= 11 is 0. The summed E-state index contributed by atoms with van der Waals surface area (Å²) in [6.45, 7) is 1.56. The first-order valence-electron chi connectivity index (χ1n) is 13.2. The minimum Gasteiger partial charge on any atom is -0.494 e. The Morgan fingerprint density at radius 1 is 0.927 bits per heavy atom. The molecule has 1 aromatic heterocycles. The molecule has 0 saturated carbocycles. The topological polar surface area (TPSA) is 107 Å². The van der Waals surface area contributed by atoms with Crippen molar-refractivity contribution in [2.24, 2.45) is 4.99 Å². The van der Waals surface area contributed by atoms with Crippen LogP contribution in [0.15, 0.2) is 113 Å². The van der Waals surface area contributed by atoms with Gasteiger partial charge in [0, 0.05) is 28.7 Å². The molecule has 0 aliphatic rings. The van der Waals surface area contributed by atoms with Crippen LogP contribution >= 0.6 is 0 Å². The summed E-state index contributed by atoms with van der Waals surface area (Å²) in [6, 6.07) is 30.3. The number of benzene rings is 4. The Kier molecular flexibility index (Phi) is 8.37. The molecule has 9 heteroatoms. The fraction of sp³-hybridized carbons (Fsp3) is 0.156. The summed E-state index contributed by atoms with van der Waals surface area (Å²) in [7, 11) is 0.181. The van der Waals surface area contributed by atoms with Gasteiger partial charge in [0.2, 0.25) is 0 Å². The molecule has 0 aliphatic carbocycles. The maximum Gasteiger partial charge on any atom is 0.261 e. The predicted octanol–water partition coefficient (Wildman–Crippen LogP) is 6.17. The number of aromatic nitrogens is 1. The molecule has 0 spiro atoms. The molecule has 5 aromatic rings. The first-order valence-corrected chi connectivity index (χ1v) is 14.7. The van der Waals surface area contributed by atoms with Gasteiger partial charge in [-0.15, -0.1) is 0 Å². The fourth-order valence-corrected chi connectivity index (χ4v) is 5.55. The van der Waals surface area contributed by atoms with Crippen LogP contribution in [0.2, 0.25) is 0 Å². The molecular formula is C32H32N4O4S. The lowest BCUT2D eigenvalue weighted by Crippen LogP contribution is -2.15. The van der Waals surface area contributed by atoms with E-state index in [1.165, 1.54) is 6.07 Å². The van der Waals surface area contributed by atoms with Gasteiger partial charge in [-0.3, -0.25) is 4.72 Å². The molecular weight excluding hydrogens is 536 g/mol. The molecule has 0 atom stereocenters. The Labute approximate surface area is 240 Å². The van der Waals surface area contributed by atoms with Crippen LogP contribution in [-0.2, 0) is 10.0 Å². The van der Waals surface area contributed by atoms with Gasteiger partial charge < -0.3 is 19.7 Å². The molecule has 0 bridgehead atoms. The summed E-state index contributed by atoms with van der Waals surface area (Å²) < 4.78 is 34.9. The molecule has 8 nitrogen and oxygen atoms in total. The van der Waals surface area contributed by atoms with Crippen LogP contribution in [0.3, 0.4) is 0 Å². The normalized spacial score (nSPS) is 12.1. The number of nitrogens with zero attached hydrogens (tertiary/aromatic N) is 2. The molecule has 0 aliphatic heterocycles. The van der Waals surface area contributed by atoms with E-state index in [-0.39, 0.29) is 10.8 Å². The zero-order valence-corrected chi connectivity index (χ0v) is 23.7. The van der Waals surface area contributed by atoms with E-state index in [0.717, 1.165) is 24.3 Å². The number of H-pyrrole nitrogens is 1. The van der Waals surface area contributed by atoms with Gasteiger partial charge in [-0.2, -0.15) is 0 Å². The number of nitrogens with one attached hydrogen (secondary N) is 2. The maximum atomic E-state index is 13.2. The minimum absolute atomic E-state index is 0.0669. The van der Waals surface area contributed by atoms with E-state index in [1.807, 2.05) is 74.8 Å². The van der Waals surface area contributed by atoms with Gasteiger partial charge in [0.1, 0.15) is 5.75 Å². The summed E-state index contributed by atoms with van der Waals surface area (Å²) in [5.74, 6) is 0.647. The second-order valence-electron chi connectivity index (χ2n) is 9.85. The number of para-hydroxylation sites is 1. The molecule has 41 heavy (non-hydrogen) atoms. The average Bonchev–Trinajstić information content (AvgIpc) is 3.30. The number of anilines is 1. The van der Waals surface area contributed by atoms with Gasteiger partial charge in [0.25, 0.3) is 10.0 Å². The number of hydrogen-bond acceptors (Lipinski definition) is 6. The molecule has 0 saturated heterocycles. The lowest BCUT2D eigenvalue weighted by Gasteiger charge is -2.11. The van der Waals surface area contributed by atoms with Gasteiger partial charge in [-0.05, 0) is 75.1 Å². The number of fused-ring (bicyclic) bond motifs is 1. The van der Waals surface area contributed by atoms with Crippen molar-refractivity contribution in [3.05, 3.63) is 114 Å². The molecule has 4 aromatic carbocycles. The molecule has 0 radical (unpaired) electrons. The van der Waals surface area contributed by atoms with Crippen molar-refractivity contribution in [1.82, 2.24) is 9.88 Å². The number of aromatic hydroxyl groups is 1. The summed E-state index contributed by atoms with van der Waals surface area (Å²) in [5.41, 5.74) is 3.38. The molecule has 0 unspecified atom stereocenters. The molecule has 3 N–H and O–H groups in total. The van der Waals surface area contributed by atoms with Crippen LogP contribution in [0, 0.1) is 0 Å². The van der Waals surface area contributed by atoms with E-state index in [9.17, 15) is 13.5 Å². The van der Waals surface area contributed by atoms with E-state index < -0.39 is 10.0 Å². The fourth-order valence-electron chi connectivity index (χ4n) is 4.46. The number of aliphatic imine (C=N–C) groups is 1. The molecule has 0 amide bonds. The third-order valence-corrected chi connectivity index (χ3v) is 7.85. The summed E-state index contributed by atoms with van der Waals surface area (Å²) in [5, 5.41) is 11.6. The van der Waals surface area contributed by atoms with Gasteiger partial charge in [-0.25, -0.2) is 13.4 Å². The van der Waals surface area contributed by atoms with Crippen LogP contribution in [0.1, 0.15) is 17.5 Å². The first kappa shape index (κ1) is 27.9. The van der Waals surface area contributed by atoms with E-state index in [1.54, 1.807) is 36.4 Å². The molecule has 5 rings (SSSR count). The van der Waals surface area contributed by atoms with Crippen molar-refractivity contribution in [3.63, 3.8) is 0 Å². The highest BCUT2D eigenvalue weighted by atomic mass is 32.2. The SMILES string of the molecule is CN(C)CCCOc1ccc(N=C(c2ccccc2)c2c(O)[nH]c3ccc(S(=O)(=O)Nc4ccccc4)cc23)cc1. The Hall–Kier alpha value is -4.60. The number of rotatable bonds is 11. The van der Waals surface area contributed by atoms with Gasteiger partial charge in [0.15, 0.2) is 5.88 Å². The van der Waals surface area contributed by atoms with Crippen molar-refractivity contribution in [1.29, 1.82) is 0 Å². The van der Waals surface area contributed by atoms with Gasteiger partial charge >= 0.3 is 0 Å². The second-order valence-corrected chi connectivity index (χ2v) is 11.5. The van der Waals surface area contributed by atoms with Gasteiger partial charge in [-0.1, -0.05) is 48.5 Å². The highest BCUT2D eigenvalue weighted by molar-refractivity contribution is 7.92. The lowest BCUT2D eigenvalue weighted by atomic mass is 10.0. The quantitative estimate of drug-likeness (QED) is 0.130. The third-order valence-electron chi connectivity index (χ3n) is 6.47. The van der Waals surface area contributed by atoms with Crippen molar-refractivity contribution < 1.29 is 18.3 Å². The Balaban J connectivity index is 1.52. The summed E-state index contributed by atoms with van der Waals surface area (Å²) in [4.78, 5) is 10.1. The summed E-state index contributed by atoms with van der Waals surface area (Å²) in [6.07, 6.45) is 0.920. The second kappa shape index (κ2) is 12.3. The Morgan fingerprint density at radius 2 is 1.61 bits per heavy atom. The maximum absolute atomic E-state index is 13.2. The van der Waals surface area contributed by atoms with E-state index in [2.05, 4.69) is 14.6 Å². The van der Waals surface area contributed by atoms with Crippen molar-refractivity contribution >= 4 is 38.0 Å². The number of hydrogen-bond donors (Lipinski definition) is 3. The zero-order valence-electron chi connectivity index (χ0n) is 22.9. The monoisotopic (exact) mass is 568 g/mol. The predicted molar refractivity (Wildman–Crippen MR) is 164 cm³/mol. The van der Waals surface area contributed by atoms with Gasteiger partial charge in [0.05, 0.1) is 28.5 Å². The van der Waals surface area contributed by atoms with Crippen LogP contribution in [-0.4, -0.2) is 56.4 Å². The average molecular weight is 569 g/mol. The van der Waals surface area contributed by atoms with E-state index >= 15 is 0 Å². The highest BCUT2D eigenvalue weighted by Gasteiger charge is 2.22. The van der Waals surface area contributed by atoms with Crippen LogP contribution in [0.25, 0.3) is 10.9 Å².